The van der Waals surface area contributed by atoms with Crippen LogP contribution in [0.2, 0.25) is 0 Å². The Morgan fingerprint density at radius 3 is 2.76 bits per heavy atom. The van der Waals surface area contributed by atoms with Crippen LogP contribution in [0.5, 0.6) is 0 Å². The molecule has 0 fully saturated rings. The van der Waals surface area contributed by atoms with Crippen molar-refractivity contribution in [2.45, 2.75) is 26.2 Å². The van der Waals surface area contributed by atoms with Gasteiger partial charge in [-0.15, -0.1) is 6.58 Å². The fourth-order valence-corrected chi connectivity index (χ4v) is 1.63. The monoisotopic (exact) mass is 231 g/mol. The number of nitrogens with one attached hydrogen (secondary N) is 2. The van der Waals surface area contributed by atoms with Gasteiger partial charge in [0.2, 0.25) is 0 Å². The minimum atomic E-state index is 0.452. The molecule has 17 heavy (non-hydrogen) atoms. The van der Waals surface area contributed by atoms with Crippen LogP contribution in [0.4, 0.5) is 11.5 Å². The Labute approximate surface area is 104 Å². The second-order valence-electron chi connectivity index (χ2n) is 4.28. The van der Waals surface area contributed by atoms with Gasteiger partial charge in [-0.05, 0) is 17.5 Å². The predicted octanol–water partition coefficient (Wildman–Crippen LogP) is 3.75. The maximum absolute atomic E-state index is 4.35. The van der Waals surface area contributed by atoms with E-state index in [9.17, 15) is 0 Å². The molecular weight excluding hydrogens is 210 g/mol. The lowest BCUT2D eigenvalue weighted by Gasteiger charge is -2.14. The molecule has 1 rings (SSSR count). The highest BCUT2D eigenvalue weighted by atomic mass is 15.0. The number of allylic oxidation sites excluding steroid dienone is 1. The molecule has 1 heterocycles. The smallest absolute Gasteiger partial charge is 0.130 e. The maximum atomic E-state index is 4.35. The summed E-state index contributed by atoms with van der Waals surface area (Å²) in [5.41, 5.74) is 3.22. The van der Waals surface area contributed by atoms with Gasteiger partial charge < -0.3 is 10.6 Å². The molecule has 0 aromatic carbocycles. The first-order valence-electron chi connectivity index (χ1n) is 5.81. The molecule has 3 heteroatoms. The second-order valence-corrected chi connectivity index (χ2v) is 4.28. The summed E-state index contributed by atoms with van der Waals surface area (Å²) in [4.78, 5) is 4.35. The zero-order valence-corrected chi connectivity index (χ0v) is 10.9. The second kappa shape index (κ2) is 6.09. The molecule has 0 aliphatic carbocycles. The Balaban J connectivity index is 2.92. The highest BCUT2D eigenvalue weighted by molar-refractivity contribution is 5.57. The van der Waals surface area contributed by atoms with Crippen molar-refractivity contribution in [3.8, 4) is 0 Å². The number of anilines is 2. The molecular formula is C14H21N3. The maximum Gasteiger partial charge on any atom is 0.130 e. The van der Waals surface area contributed by atoms with Gasteiger partial charge >= 0.3 is 0 Å². The van der Waals surface area contributed by atoms with Crippen molar-refractivity contribution < 1.29 is 0 Å². The lowest BCUT2D eigenvalue weighted by atomic mass is 10.0. The van der Waals surface area contributed by atoms with Gasteiger partial charge in [0, 0.05) is 19.2 Å². The molecule has 0 atom stereocenters. The van der Waals surface area contributed by atoms with E-state index >= 15 is 0 Å². The first kappa shape index (κ1) is 13.3. The van der Waals surface area contributed by atoms with E-state index in [-0.39, 0.29) is 0 Å². The molecule has 92 valence electrons. The van der Waals surface area contributed by atoms with Crippen LogP contribution in [-0.4, -0.2) is 12.0 Å². The normalized spacial score (nSPS) is 10.1. The van der Waals surface area contributed by atoms with Crippen molar-refractivity contribution in [2.24, 2.45) is 0 Å². The fraction of sp³-hybridized carbons (Fsp3) is 0.357. The third kappa shape index (κ3) is 3.63. The minimum Gasteiger partial charge on any atom is -0.387 e. The Morgan fingerprint density at radius 2 is 2.24 bits per heavy atom. The Bertz CT molecular complexity index is 408. The third-order valence-electron chi connectivity index (χ3n) is 2.52. The van der Waals surface area contributed by atoms with E-state index in [0.29, 0.717) is 5.92 Å². The zero-order chi connectivity index (χ0) is 12.8. The zero-order valence-electron chi connectivity index (χ0n) is 10.9. The largest absolute Gasteiger partial charge is 0.387 e. The van der Waals surface area contributed by atoms with E-state index in [0.717, 1.165) is 23.6 Å². The van der Waals surface area contributed by atoms with E-state index in [1.807, 2.05) is 19.3 Å². The van der Waals surface area contributed by atoms with Crippen molar-refractivity contribution in [1.29, 1.82) is 0 Å². The van der Waals surface area contributed by atoms with Crippen molar-refractivity contribution in [2.75, 3.05) is 17.7 Å². The first-order chi connectivity index (χ1) is 8.08. The van der Waals surface area contributed by atoms with Crippen molar-refractivity contribution >= 4 is 11.5 Å². The number of hydrogen-bond acceptors (Lipinski definition) is 3. The van der Waals surface area contributed by atoms with Gasteiger partial charge in [-0.25, -0.2) is 4.98 Å². The van der Waals surface area contributed by atoms with Crippen LogP contribution in [0.15, 0.2) is 37.2 Å². The van der Waals surface area contributed by atoms with E-state index in [1.165, 1.54) is 5.56 Å². The van der Waals surface area contributed by atoms with Crippen LogP contribution in [0, 0.1) is 0 Å². The van der Waals surface area contributed by atoms with E-state index in [4.69, 9.17) is 0 Å². The fourth-order valence-electron chi connectivity index (χ4n) is 1.63. The van der Waals surface area contributed by atoms with Gasteiger partial charge in [0.15, 0.2) is 0 Å². The topological polar surface area (TPSA) is 37.0 Å². The molecule has 0 aliphatic heterocycles. The summed E-state index contributed by atoms with van der Waals surface area (Å²) in [6, 6.07) is 2.06. The Morgan fingerprint density at radius 1 is 1.53 bits per heavy atom. The quantitative estimate of drug-likeness (QED) is 0.732. The summed E-state index contributed by atoms with van der Waals surface area (Å²) < 4.78 is 0. The van der Waals surface area contributed by atoms with Crippen LogP contribution in [0.1, 0.15) is 31.7 Å². The molecule has 0 aliphatic rings. The summed E-state index contributed by atoms with van der Waals surface area (Å²) in [7, 11) is 1.91. The molecule has 2 N–H and O–H groups in total. The van der Waals surface area contributed by atoms with Crippen LogP contribution >= 0.6 is 0 Å². The molecule has 0 bridgehead atoms. The highest BCUT2D eigenvalue weighted by Gasteiger charge is 2.07. The van der Waals surface area contributed by atoms with Crippen molar-refractivity contribution in [3.63, 3.8) is 0 Å². The van der Waals surface area contributed by atoms with Gasteiger partial charge in [0.05, 0.1) is 11.9 Å². The number of nitrogens with zero attached hydrogens (tertiary/aromatic N) is 1. The average Bonchev–Trinajstić information content (AvgIpc) is 2.29. The molecule has 1 aromatic heterocycles. The molecule has 0 saturated heterocycles. The van der Waals surface area contributed by atoms with Crippen LogP contribution in [0.25, 0.3) is 0 Å². The van der Waals surface area contributed by atoms with E-state index in [2.05, 4.69) is 48.7 Å². The molecule has 0 amide bonds. The number of aromatic nitrogens is 1. The van der Waals surface area contributed by atoms with Gasteiger partial charge in [-0.1, -0.05) is 26.5 Å². The molecule has 1 aromatic rings. The van der Waals surface area contributed by atoms with Gasteiger partial charge in [-0.3, -0.25) is 0 Å². The summed E-state index contributed by atoms with van der Waals surface area (Å²) in [6.07, 6.45) is 4.41. The molecule has 0 unspecified atom stereocenters. The number of rotatable bonds is 6. The summed E-state index contributed by atoms with van der Waals surface area (Å²) in [5, 5.41) is 6.34. The lowest BCUT2D eigenvalue weighted by molar-refractivity contribution is 0.865. The Kier molecular flexibility index (Phi) is 4.76. The number of pyridine rings is 1. The van der Waals surface area contributed by atoms with Crippen LogP contribution < -0.4 is 10.6 Å². The van der Waals surface area contributed by atoms with Gasteiger partial charge in [0.25, 0.3) is 0 Å². The Hall–Kier alpha value is -1.77. The van der Waals surface area contributed by atoms with Gasteiger partial charge in [0.1, 0.15) is 5.82 Å². The molecule has 3 nitrogen and oxygen atoms in total. The minimum absolute atomic E-state index is 0.452. The predicted molar refractivity (Wildman–Crippen MR) is 75.4 cm³/mol. The van der Waals surface area contributed by atoms with Crippen LogP contribution in [0.3, 0.4) is 0 Å². The average molecular weight is 231 g/mol. The highest BCUT2D eigenvalue weighted by Crippen LogP contribution is 2.25. The molecule has 0 radical (unpaired) electrons. The lowest BCUT2D eigenvalue weighted by Crippen LogP contribution is -2.03. The molecule has 0 spiro atoms. The standard InChI is InChI=1S/C14H21N3/c1-6-7-11(4)17-14-8-12(10(2)3)13(15-5)9-16-14/h6,8-10,15H,1,4,7H2,2-3,5H3,(H,16,17). The first-order valence-corrected chi connectivity index (χ1v) is 5.81. The van der Waals surface area contributed by atoms with E-state index < -0.39 is 0 Å². The molecule has 0 saturated carbocycles. The van der Waals surface area contributed by atoms with Crippen molar-refractivity contribution in [3.05, 3.63) is 42.8 Å². The van der Waals surface area contributed by atoms with Crippen LogP contribution in [-0.2, 0) is 0 Å². The van der Waals surface area contributed by atoms with Gasteiger partial charge in [-0.2, -0.15) is 0 Å². The summed E-state index contributed by atoms with van der Waals surface area (Å²) in [5.74, 6) is 1.29. The van der Waals surface area contributed by atoms with Crippen molar-refractivity contribution in [1.82, 2.24) is 4.98 Å². The summed E-state index contributed by atoms with van der Waals surface area (Å²) >= 11 is 0. The SMILES string of the molecule is C=CCC(=C)Nc1cc(C(C)C)c(NC)cn1. The third-order valence-corrected chi connectivity index (χ3v) is 2.52. The summed E-state index contributed by atoms with van der Waals surface area (Å²) in [6.45, 7) is 11.9. The van der Waals surface area contributed by atoms with E-state index in [1.54, 1.807) is 0 Å². The number of hydrogen-bond donors (Lipinski definition) is 2.